The number of rotatable bonds is 4. The zero-order chi connectivity index (χ0) is 33.4. The van der Waals surface area contributed by atoms with Crippen LogP contribution in [0.15, 0.2) is 158 Å². The second kappa shape index (κ2) is 10.8. The molecule has 0 amide bonds. The highest BCUT2D eigenvalue weighted by Crippen LogP contribution is 2.58. The van der Waals surface area contributed by atoms with E-state index in [9.17, 15) is 0 Å². The lowest BCUT2D eigenvalue weighted by atomic mass is 9.94. The van der Waals surface area contributed by atoms with E-state index in [1.807, 2.05) is 60.7 Å². The van der Waals surface area contributed by atoms with Crippen LogP contribution in [0.3, 0.4) is 0 Å². The number of nitrogens with zero attached hydrogens (tertiary/aromatic N) is 5. The molecule has 2 aromatic heterocycles. The van der Waals surface area contributed by atoms with E-state index in [-0.39, 0.29) is 0 Å². The third-order valence-electron chi connectivity index (χ3n) is 10.2. The van der Waals surface area contributed by atoms with Gasteiger partial charge in [-0.15, -0.1) is 0 Å². The molecule has 0 spiro atoms. The molecular weight excluding hydrogens is 611 g/mol. The fourth-order valence-electron chi connectivity index (χ4n) is 7.98. The molecule has 50 heavy (non-hydrogen) atoms. The number of hydrogen-bond acceptors (Lipinski definition) is 3. The molecule has 9 aromatic rings. The van der Waals surface area contributed by atoms with Crippen molar-refractivity contribution in [2.45, 2.75) is 0 Å². The van der Waals surface area contributed by atoms with Crippen molar-refractivity contribution in [2.24, 2.45) is 0 Å². The summed E-state index contributed by atoms with van der Waals surface area (Å²) >= 11 is 0. The van der Waals surface area contributed by atoms with Crippen LogP contribution in [0.2, 0.25) is 0 Å². The Hall–Kier alpha value is -6.43. The standard InChI is InChI=1S/C45H32N5/c1-50(2)38-24-14-12-22-36(38)39-33-19-9-10-20-34(33)41-40(42(39)50)35-21-11-13-23-37(35)49(41)32-27-25-31(26-28-32)45-47-43(29-15-5-3-6-16-29)46-44(48-45)30-17-7-4-8-18-30/h3-28H,1-2H3/q+1. The summed E-state index contributed by atoms with van der Waals surface area (Å²) in [4.78, 5) is 14.8. The number of benzene rings is 7. The van der Waals surface area contributed by atoms with E-state index in [0.717, 1.165) is 22.4 Å². The van der Waals surface area contributed by atoms with Gasteiger partial charge in [-0.3, -0.25) is 4.48 Å². The molecule has 236 valence electrons. The van der Waals surface area contributed by atoms with Crippen LogP contribution in [-0.4, -0.2) is 33.6 Å². The largest absolute Gasteiger partial charge is 0.308 e. The number of aromatic nitrogens is 4. The summed E-state index contributed by atoms with van der Waals surface area (Å²) in [5, 5.41) is 5.08. The molecule has 10 rings (SSSR count). The summed E-state index contributed by atoms with van der Waals surface area (Å²) in [6, 6.07) is 55.5. The fourth-order valence-corrected chi connectivity index (χ4v) is 7.98. The molecule has 7 aromatic carbocycles. The minimum absolute atomic E-state index is 0.645. The fraction of sp³-hybridized carbons (Fsp3) is 0.0444. The van der Waals surface area contributed by atoms with Crippen molar-refractivity contribution in [2.75, 3.05) is 14.1 Å². The molecule has 0 N–H and O–H groups in total. The van der Waals surface area contributed by atoms with Gasteiger partial charge in [-0.25, -0.2) is 15.0 Å². The Balaban J connectivity index is 1.21. The molecule has 0 fully saturated rings. The van der Waals surface area contributed by atoms with Crippen molar-refractivity contribution in [3.8, 4) is 51.0 Å². The summed E-state index contributed by atoms with van der Waals surface area (Å²) in [6.45, 7) is 0. The van der Waals surface area contributed by atoms with Crippen LogP contribution in [0.4, 0.5) is 11.4 Å². The van der Waals surface area contributed by atoms with Gasteiger partial charge in [0.25, 0.3) is 0 Å². The van der Waals surface area contributed by atoms with Gasteiger partial charge in [0.1, 0.15) is 5.69 Å². The van der Waals surface area contributed by atoms with Crippen molar-refractivity contribution >= 4 is 44.0 Å². The van der Waals surface area contributed by atoms with Gasteiger partial charge in [-0.2, -0.15) is 0 Å². The van der Waals surface area contributed by atoms with E-state index in [1.165, 1.54) is 55.1 Å². The van der Waals surface area contributed by atoms with Crippen LogP contribution < -0.4 is 4.48 Å². The van der Waals surface area contributed by atoms with Gasteiger partial charge < -0.3 is 4.57 Å². The molecule has 0 aliphatic carbocycles. The van der Waals surface area contributed by atoms with Crippen molar-refractivity contribution in [3.05, 3.63) is 158 Å². The Bertz CT molecular complexity index is 2710. The number of fused-ring (bicyclic) bond motifs is 10. The molecular formula is C45H32N5+. The molecule has 0 atom stereocenters. The predicted octanol–water partition coefficient (Wildman–Crippen LogP) is 11.0. The molecule has 3 heterocycles. The number of quaternary nitrogens is 1. The monoisotopic (exact) mass is 642 g/mol. The summed E-state index contributed by atoms with van der Waals surface area (Å²) < 4.78 is 3.13. The third kappa shape index (κ3) is 4.14. The lowest BCUT2D eigenvalue weighted by Gasteiger charge is -2.26. The Labute approximate surface area is 290 Å². The Morgan fingerprint density at radius 3 is 1.60 bits per heavy atom. The van der Waals surface area contributed by atoms with E-state index < -0.39 is 0 Å². The van der Waals surface area contributed by atoms with E-state index in [1.54, 1.807) is 0 Å². The second-order valence-electron chi connectivity index (χ2n) is 13.4. The van der Waals surface area contributed by atoms with Gasteiger partial charge >= 0.3 is 0 Å². The first-order valence-corrected chi connectivity index (χ1v) is 17.0. The lowest BCUT2D eigenvalue weighted by molar-refractivity contribution is 0.573. The van der Waals surface area contributed by atoms with Crippen molar-refractivity contribution in [1.82, 2.24) is 24.0 Å². The zero-order valence-corrected chi connectivity index (χ0v) is 27.7. The van der Waals surface area contributed by atoms with Crippen molar-refractivity contribution in [3.63, 3.8) is 0 Å². The van der Waals surface area contributed by atoms with Crippen LogP contribution in [0, 0.1) is 0 Å². The minimum atomic E-state index is 0.645. The smallest absolute Gasteiger partial charge is 0.164 e. The quantitative estimate of drug-likeness (QED) is 0.179. The first-order chi connectivity index (χ1) is 24.6. The first kappa shape index (κ1) is 28.6. The average Bonchev–Trinajstić information content (AvgIpc) is 3.65. The van der Waals surface area contributed by atoms with Crippen LogP contribution in [-0.2, 0) is 0 Å². The lowest BCUT2D eigenvalue weighted by Crippen LogP contribution is -2.32. The topological polar surface area (TPSA) is 43.6 Å². The van der Waals surface area contributed by atoms with Gasteiger partial charge in [0.2, 0.25) is 0 Å². The first-order valence-electron chi connectivity index (χ1n) is 17.0. The zero-order valence-electron chi connectivity index (χ0n) is 27.7. The minimum Gasteiger partial charge on any atom is -0.308 e. The molecule has 1 aliphatic rings. The maximum atomic E-state index is 4.98. The van der Waals surface area contributed by atoms with Crippen LogP contribution >= 0.6 is 0 Å². The van der Waals surface area contributed by atoms with Gasteiger partial charge in [0.15, 0.2) is 23.2 Å². The summed E-state index contributed by atoms with van der Waals surface area (Å²) in [5.74, 6) is 1.96. The molecule has 1 aliphatic heterocycles. The highest BCUT2D eigenvalue weighted by atomic mass is 15.3. The third-order valence-corrected chi connectivity index (χ3v) is 10.2. The molecule has 0 saturated heterocycles. The number of para-hydroxylation sites is 2. The maximum Gasteiger partial charge on any atom is 0.164 e. The Morgan fingerprint density at radius 1 is 0.460 bits per heavy atom. The molecule has 0 radical (unpaired) electrons. The Kier molecular flexibility index (Phi) is 6.17. The van der Waals surface area contributed by atoms with Crippen LogP contribution in [0.1, 0.15) is 0 Å². The van der Waals surface area contributed by atoms with Crippen LogP contribution in [0.5, 0.6) is 0 Å². The number of hydrogen-bond donors (Lipinski definition) is 0. The van der Waals surface area contributed by atoms with Gasteiger partial charge in [-0.05, 0) is 41.8 Å². The molecule has 0 unspecified atom stereocenters. The van der Waals surface area contributed by atoms with Gasteiger partial charge in [0.05, 0.1) is 36.1 Å². The molecule has 0 bridgehead atoms. The van der Waals surface area contributed by atoms with E-state index in [0.29, 0.717) is 22.0 Å². The molecule has 5 heteroatoms. The van der Waals surface area contributed by atoms with Crippen LogP contribution in [0.25, 0.3) is 83.6 Å². The normalized spacial score (nSPS) is 13.2. The summed E-state index contributed by atoms with van der Waals surface area (Å²) in [5.41, 5.74) is 11.7. The van der Waals surface area contributed by atoms with E-state index >= 15 is 0 Å². The average molecular weight is 643 g/mol. The van der Waals surface area contributed by atoms with Crippen molar-refractivity contribution < 1.29 is 0 Å². The SMILES string of the molecule is C[N+]1(C)c2ccccc2-c2c1c1c3ccccc3n(-c3ccc(-c4nc(-c5ccccc5)nc(-c5ccccc5)n4)cc3)c1c1ccccc21. The summed E-state index contributed by atoms with van der Waals surface area (Å²) in [7, 11) is 4.64. The van der Waals surface area contributed by atoms with E-state index in [4.69, 9.17) is 15.0 Å². The highest BCUT2D eigenvalue weighted by molar-refractivity contribution is 6.30. The highest BCUT2D eigenvalue weighted by Gasteiger charge is 2.41. The van der Waals surface area contributed by atoms with Crippen molar-refractivity contribution in [1.29, 1.82) is 0 Å². The second-order valence-corrected chi connectivity index (χ2v) is 13.4. The predicted molar refractivity (Wildman–Crippen MR) is 207 cm³/mol. The Morgan fingerprint density at radius 2 is 0.960 bits per heavy atom. The van der Waals surface area contributed by atoms with Gasteiger partial charge in [0, 0.05) is 44.8 Å². The summed E-state index contributed by atoms with van der Waals surface area (Å²) in [6.07, 6.45) is 0. The van der Waals surface area contributed by atoms with E-state index in [2.05, 4.69) is 116 Å². The van der Waals surface area contributed by atoms with Gasteiger partial charge in [-0.1, -0.05) is 115 Å². The maximum absolute atomic E-state index is 4.98. The molecule has 0 saturated carbocycles. The molecule has 5 nitrogen and oxygen atoms in total.